The Hall–Kier alpha value is -2.02. The number of benzene rings is 2. The molecule has 0 aromatic heterocycles. The highest BCUT2D eigenvalue weighted by Gasteiger charge is 1.96. The van der Waals surface area contributed by atoms with Crippen LogP contribution in [0.3, 0.4) is 0 Å². The van der Waals surface area contributed by atoms with Crippen LogP contribution in [-0.4, -0.2) is 6.61 Å². The minimum absolute atomic E-state index is 0.709. The van der Waals surface area contributed by atoms with Gasteiger partial charge in [-0.3, -0.25) is 0 Å². The first-order chi connectivity index (χ1) is 12.3. The smallest absolute Gasteiger partial charge is 0.119 e. The highest BCUT2D eigenvalue weighted by atomic mass is 16.5. The SMILES string of the molecule is CCCCCCCCc1ccc(/C=C/c2ccc(OCC)cc2)cc1. The summed E-state index contributed by atoms with van der Waals surface area (Å²) in [6, 6.07) is 17.2. The fraction of sp³-hybridized carbons (Fsp3) is 0.417. The van der Waals surface area contributed by atoms with Gasteiger partial charge in [0.2, 0.25) is 0 Å². The summed E-state index contributed by atoms with van der Waals surface area (Å²) < 4.78 is 5.47. The second-order valence-electron chi connectivity index (χ2n) is 6.59. The lowest BCUT2D eigenvalue weighted by Crippen LogP contribution is -1.90. The third kappa shape index (κ3) is 7.60. The van der Waals surface area contributed by atoms with Gasteiger partial charge in [0.25, 0.3) is 0 Å². The second-order valence-corrected chi connectivity index (χ2v) is 6.59. The van der Waals surface area contributed by atoms with E-state index in [0.29, 0.717) is 6.61 Å². The van der Waals surface area contributed by atoms with Gasteiger partial charge in [-0.05, 0) is 48.6 Å². The van der Waals surface area contributed by atoms with Gasteiger partial charge >= 0.3 is 0 Å². The summed E-state index contributed by atoms with van der Waals surface area (Å²) in [6.45, 7) is 4.98. The Balaban J connectivity index is 1.77. The Morgan fingerprint density at radius 2 is 1.24 bits per heavy atom. The van der Waals surface area contributed by atoms with E-state index < -0.39 is 0 Å². The summed E-state index contributed by atoms with van der Waals surface area (Å²) in [5, 5.41) is 0. The molecule has 2 aromatic carbocycles. The van der Waals surface area contributed by atoms with Crippen molar-refractivity contribution in [1.29, 1.82) is 0 Å². The predicted molar refractivity (Wildman–Crippen MR) is 110 cm³/mol. The summed E-state index contributed by atoms with van der Waals surface area (Å²) >= 11 is 0. The molecule has 0 radical (unpaired) electrons. The van der Waals surface area contributed by atoms with E-state index in [-0.39, 0.29) is 0 Å². The minimum Gasteiger partial charge on any atom is -0.494 e. The van der Waals surface area contributed by atoms with Gasteiger partial charge in [0.1, 0.15) is 5.75 Å². The second kappa shape index (κ2) is 11.5. The fourth-order valence-electron chi connectivity index (χ4n) is 2.94. The minimum atomic E-state index is 0.709. The van der Waals surface area contributed by atoms with Crippen LogP contribution in [0.1, 0.15) is 69.1 Å². The molecule has 0 atom stereocenters. The van der Waals surface area contributed by atoms with E-state index in [1.165, 1.54) is 61.6 Å². The molecule has 0 spiro atoms. The first-order valence-corrected chi connectivity index (χ1v) is 9.81. The molecule has 0 aliphatic heterocycles. The van der Waals surface area contributed by atoms with E-state index in [1.54, 1.807) is 0 Å². The van der Waals surface area contributed by atoms with Crippen LogP contribution in [0.4, 0.5) is 0 Å². The van der Waals surface area contributed by atoms with Gasteiger partial charge in [0.05, 0.1) is 6.61 Å². The molecule has 2 aromatic rings. The van der Waals surface area contributed by atoms with E-state index in [2.05, 4.69) is 55.5 Å². The highest BCUT2D eigenvalue weighted by molar-refractivity contribution is 5.69. The summed E-state index contributed by atoms with van der Waals surface area (Å²) in [5.41, 5.74) is 3.90. The highest BCUT2D eigenvalue weighted by Crippen LogP contribution is 2.16. The molecule has 1 nitrogen and oxygen atoms in total. The van der Waals surface area contributed by atoms with Gasteiger partial charge < -0.3 is 4.74 Å². The molecule has 134 valence electrons. The molecule has 0 unspecified atom stereocenters. The lowest BCUT2D eigenvalue weighted by molar-refractivity contribution is 0.340. The first-order valence-electron chi connectivity index (χ1n) is 9.81. The number of rotatable bonds is 11. The molecule has 2 rings (SSSR count). The van der Waals surface area contributed by atoms with Crippen molar-refractivity contribution in [3.05, 3.63) is 65.2 Å². The van der Waals surface area contributed by atoms with Crippen molar-refractivity contribution in [2.24, 2.45) is 0 Å². The predicted octanol–water partition coefficient (Wildman–Crippen LogP) is 7.16. The van der Waals surface area contributed by atoms with Gasteiger partial charge in [0.15, 0.2) is 0 Å². The van der Waals surface area contributed by atoms with Crippen LogP contribution in [0.2, 0.25) is 0 Å². The number of hydrogen-bond donors (Lipinski definition) is 0. The van der Waals surface area contributed by atoms with Crippen LogP contribution in [-0.2, 0) is 6.42 Å². The zero-order chi connectivity index (χ0) is 17.7. The van der Waals surface area contributed by atoms with Gasteiger partial charge in [0, 0.05) is 0 Å². The lowest BCUT2D eigenvalue weighted by atomic mass is 10.0. The fourth-order valence-corrected chi connectivity index (χ4v) is 2.94. The van der Waals surface area contributed by atoms with Crippen molar-refractivity contribution in [3.8, 4) is 5.75 Å². The Morgan fingerprint density at radius 1 is 0.680 bits per heavy atom. The molecular formula is C24H32O. The normalized spacial score (nSPS) is 11.1. The standard InChI is InChI=1S/C24H32O/c1-3-5-6-7-8-9-10-21-11-13-22(14-12-21)15-16-23-17-19-24(20-18-23)25-4-2/h11-20H,3-10H2,1-2H3/b16-15+. The molecule has 0 saturated carbocycles. The quantitative estimate of drug-likeness (QED) is 0.312. The maximum absolute atomic E-state index is 5.47. The van der Waals surface area contributed by atoms with Crippen molar-refractivity contribution >= 4 is 12.2 Å². The first kappa shape index (κ1) is 19.3. The molecule has 1 heteroatoms. The van der Waals surface area contributed by atoms with E-state index in [9.17, 15) is 0 Å². The van der Waals surface area contributed by atoms with Gasteiger partial charge in [-0.1, -0.05) is 87.6 Å². The molecule has 0 fully saturated rings. The number of aryl methyl sites for hydroxylation is 1. The zero-order valence-electron chi connectivity index (χ0n) is 15.8. The number of ether oxygens (including phenoxy) is 1. The van der Waals surface area contributed by atoms with Gasteiger partial charge in [-0.2, -0.15) is 0 Å². The van der Waals surface area contributed by atoms with Crippen LogP contribution in [0, 0.1) is 0 Å². The Morgan fingerprint density at radius 3 is 1.84 bits per heavy atom. The lowest BCUT2D eigenvalue weighted by Gasteiger charge is -2.03. The average Bonchev–Trinajstić information content (AvgIpc) is 2.65. The zero-order valence-corrected chi connectivity index (χ0v) is 15.8. The maximum Gasteiger partial charge on any atom is 0.119 e. The molecule has 0 N–H and O–H groups in total. The van der Waals surface area contributed by atoms with Crippen LogP contribution in [0.5, 0.6) is 5.75 Å². The summed E-state index contributed by atoms with van der Waals surface area (Å²) in [5.74, 6) is 0.929. The monoisotopic (exact) mass is 336 g/mol. The maximum atomic E-state index is 5.47. The summed E-state index contributed by atoms with van der Waals surface area (Å²) in [6.07, 6.45) is 13.7. The summed E-state index contributed by atoms with van der Waals surface area (Å²) in [7, 11) is 0. The van der Waals surface area contributed by atoms with E-state index in [4.69, 9.17) is 4.74 Å². The topological polar surface area (TPSA) is 9.23 Å². The van der Waals surface area contributed by atoms with Crippen LogP contribution >= 0.6 is 0 Å². The molecule has 25 heavy (non-hydrogen) atoms. The van der Waals surface area contributed by atoms with E-state index in [1.807, 2.05) is 19.1 Å². The Kier molecular flexibility index (Phi) is 8.90. The number of hydrogen-bond acceptors (Lipinski definition) is 1. The molecule has 0 aliphatic carbocycles. The van der Waals surface area contributed by atoms with Crippen molar-refractivity contribution in [2.45, 2.75) is 58.8 Å². The average molecular weight is 337 g/mol. The largest absolute Gasteiger partial charge is 0.494 e. The van der Waals surface area contributed by atoms with Crippen molar-refractivity contribution in [1.82, 2.24) is 0 Å². The Labute approximate surface area is 153 Å². The molecule has 0 amide bonds. The third-order valence-corrected chi connectivity index (χ3v) is 4.46. The third-order valence-electron chi connectivity index (χ3n) is 4.46. The van der Waals surface area contributed by atoms with Gasteiger partial charge in [-0.15, -0.1) is 0 Å². The van der Waals surface area contributed by atoms with Crippen LogP contribution in [0.15, 0.2) is 48.5 Å². The van der Waals surface area contributed by atoms with Crippen molar-refractivity contribution in [3.63, 3.8) is 0 Å². The Bertz CT molecular complexity index is 608. The molecular weight excluding hydrogens is 304 g/mol. The summed E-state index contributed by atoms with van der Waals surface area (Å²) in [4.78, 5) is 0. The van der Waals surface area contributed by atoms with Crippen molar-refractivity contribution in [2.75, 3.05) is 6.61 Å². The van der Waals surface area contributed by atoms with Gasteiger partial charge in [-0.25, -0.2) is 0 Å². The molecule has 0 saturated heterocycles. The van der Waals surface area contributed by atoms with Crippen LogP contribution in [0.25, 0.3) is 12.2 Å². The van der Waals surface area contributed by atoms with Crippen LogP contribution < -0.4 is 4.74 Å². The molecule has 0 heterocycles. The number of unbranched alkanes of at least 4 members (excludes halogenated alkanes) is 5. The van der Waals surface area contributed by atoms with Crippen molar-refractivity contribution < 1.29 is 4.74 Å². The molecule has 0 bridgehead atoms. The molecule has 0 aliphatic rings. The van der Waals surface area contributed by atoms with E-state index in [0.717, 1.165) is 5.75 Å². The van der Waals surface area contributed by atoms with E-state index >= 15 is 0 Å².